The molecule has 0 saturated carbocycles. The molecule has 0 radical (unpaired) electrons. The van der Waals surface area contributed by atoms with Gasteiger partial charge in [-0.05, 0) is 37.3 Å². The highest BCUT2D eigenvalue weighted by molar-refractivity contribution is 7.14. The zero-order chi connectivity index (χ0) is 13.8. The second-order valence-electron chi connectivity index (χ2n) is 4.92. The molecule has 0 aromatic carbocycles. The summed E-state index contributed by atoms with van der Waals surface area (Å²) in [6, 6.07) is 1.14. The van der Waals surface area contributed by atoms with Crippen LogP contribution in [0.1, 0.15) is 52.7 Å². The molecular formula is C14H19NO3S. The highest BCUT2D eigenvalue weighted by Gasteiger charge is 2.23. The summed E-state index contributed by atoms with van der Waals surface area (Å²) in [6.45, 7) is 2.00. The van der Waals surface area contributed by atoms with Crippen LogP contribution in [0.25, 0.3) is 0 Å². The van der Waals surface area contributed by atoms with Gasteiger partial charge in [-0.2, -0.15) is 0 Å². The molecule has 1 aromatic rings. The predicted molar refractivity (Wildman–Crippen MR) is 74.8 cm³/mol. The largest absolute Gasteiger partial charge is 0.480 e. The summed E-state index contributed by atoms with van der Waals surface area (Å²) in [6.07, 6.45) is 5.47. The van der Waals surface area contributed by atoms with Crippen LogP contribution in [-0.2, 0) is 17.6 Å². The predicted octanol–water partition coefficient (Wildman–Crippen LogP) is 2.61. The standard InChI is InChI=1S/C14H19NO3S/c1-2-3-6-10(14(17)18)15-13(16)12-8-9-5-4-7-11(9)19-12/h8,10H,2-7H2,1H3,(H,15,16)(H,17,18)/t10-/m0/s1. The topological polar surface area (TPSA) is 66.4 Å². The zero-order valence-electron chi connectivity index (χ0n) is 11.1. The third-order valence-corrected chi connectivity index (χ3v) is 4.66. The first-order valence-electron chi connectivity index (χ1n) is 6.77. The van der Waals surface area contributed by atoms with Gasteiger partial charge < -0.3 is 10.4 Å². The Balaban J connectivity index is 1.99. The van der Waals surface area contributed by atoms with Gasteiger partial charge in [0.2, 0.25) is 0 Å². The van der Waals surface area contributed by atoms with Gasteiger partial charge in [0.1, 0.15) is 6.04 Å². The summed E-state index contributed by atoms with van der Waals surface area (Å²) in [7, 11) is 0. The van der Waals surface area contributed by atoms with Crippen molar-refractivity contribution in [2.45, 2.75) is 51.5 Å². The van der Waals surface area contributed by atoms with Gasteiger partial charge >= 0.3 is 5.97 Å². The zero-order valence-corrected chi connectivity index (χ0v) is 11.9. The number of carboxylic acid groups (broad SMARTS) is 1. The van der Waals surface area contributed by atoms with Crippen LogP contribution in [0.2, 0.25) is 0 Å². The Bertz CT molecular complexity index is 460. The van der Waals surface area contributed by atoms with E-state index in [2.05, 4.69) is 5.32 Å². The third-order valence-electron chi connectivity index (χ3n) is 3.42. The molecule has 2 N–H and O–H groups in total. The van der Waals surface area contributed by atoms with E-state index >= 15 is 0 Å². The van der Waals surface area contributed by atoms with Crippen LogP contribution in [0.4, 0.5) is 0 Å². The monoisotopic (exact) mass is 281 g/mol. The first kappa shape index (κ1) is 14.1. The molecular weight excluding hydrogens is 262 g/mol. The van der Waals surface area contributed by atoms with Crippen LogP contribution in [-0.4, -0.2) is 23.0 Å². The van der Waals surface area contributed by atoms with Gasteiger partial charge in [-0.3, -0.25) is 4.79 Å². The lowest BCUT2D eigenvalue weighted by atomic mass is 10.1. The summed E-state index contributed by atoms with van der Waals surface area (Å²) in [5.74, 6) is -1.20. The van der Waals surface area contributed by atoms with E-state index in [0.29, 0.717) is 11.3 Å². The van der Waals surface area contributed by atoms with Gasteiger partial charge in [0.05, 0.1) is 4.88 Å². The molecule has 2 rings (SSSR count). The Hall–Kier alpha value is -1.36. The number of carboxylic acids is 1. The van der Waals surface area contributed by atoms with E-state index in [-0.39, 0.29) is 5.91 Å². The number of hydrogen-bond acceptors (Lipinski definition) is 3. The van der Waals surface area contributed by atoms with Crippen molar-refractivity contribution >= 4 is 23.2 Å². The fraction of sp³-hybridized carbons (Fsp3) is 0.571. The van der Waals surface area contributed by atoms with E-state index in [0.717, 1.165) is 32.1 Å². The summed E-state index contributed by atoms with van der Waals surface area (Å²) < 4.78 is 0. The molecule has 0 saturated heterocycles. The number of fused-ring (bicyclic) bond motifs is 1. The highest BCUT2D eigenvalue weighted by Crippen LogP contribution is 2.30. The lowest BCUT2D eigenvalue weighted by Gasteiger charge is -2.13. The number of rotatable bonds is 6. The summed E-state index contributed by atoms with van der Waals surface area (Å²) >= 11 is 1.50. The Kier molecular flexibility index (Phi) is 4.58. The molecule has 1 amide bonds. The van der Waals surface area contributed by atoms with E-state index in [9.17, 15) is 9.59 Å². The quantitative estimate of drug-likeness (QED) is 0.842. The Labute approximate surface area is 116 Å². The number of hydrogen-bond donors (Lipinski definition) is 2. The van der Waals surface area contributed by atoms with Gasteiger partial charge in [0, 0.05) is 4.88 Å². The molecule has 0 bridgehead atoms. The Morgan fingerprint density at radius 3 is 2.89 bits per heavy atom. The van der Waals surface area contributed by atoms with Gasteiger partial charge in [-0.15, -0.1) is 11.3 Å². The third kappa shape index (κ3) is 3.35. The molecule has 0 unspecified atom stereocenters. The van der Waals surface area contributed by atoms with Crippen molar-refractivity contribution in [2.24, 2.45) is 0 Å². The lowest BCUT2D eigenvalue weighted by molar-refractivity contribution is -0.139. The smallest absolute Gasteiger partial charge is 0.326 e. The van der Waals surface area contributed by atoms with Crippen molar-refractivity contribution in [3.05, 3.63) is 21.4 Å². The van der Waals surface area contributed by atoms with Gasteiger partial charge in [-0.25, -0.2) is 4.79 Å². The maximum Gasteiger partial charge on any atom is 0.326 e. The molecule has 0 aliphatic heterocycles. The van der Waals surface area contributed by atoms with Crippen molar-refractivity contribution in [3.8, 4) is 0 Å². The van der Waals surface area contributed by atoms with E-state index < -0.39 is 12.0 Å². The number of aryl methyl sites for hydroxylation is 2. The number of carbonyl (C=O) groups excluding carboxylic acids is 1. The van der Waals surface area contributed by atoms with E-state index in [4.69, 9.17) is 5.11 Å². The fourth-order valence-corrected chi connectivity index (χ4v) is 3.49. The van der Waals surface area contributed by atoms with Crippen LogP contribution in [0, 0.1) is 0 Å². The molecule has 104 valence electrons. The van der Waals surface area contributed by atoms with Gasteiger partial charge in [0.25, 0.3) is 5.91 Å². The van der Waals surface area contributed by atoms with Crippen LogP contribution in [0.3, 0.4) is 0 Å². The van der Waals surface area contributed by atoms with Crippen molar-refractivity contribution in [3.63, 3.8) is 0 Å². The van der Waals surface area contributed by atoms with Crippen LogP contribution in [0.15, 0.2) is 6.07 Å². The molecule has 19 heavy (non-hydrogen) atoms. The molecule has 1 atom stereocenters. The minimum absolute atomic E-state index is 0.247. The normalized spacial score (nSPS) is 15.0. The Morgan fingerprint density at radius 1 is 1.47 bits per heavy atom. The lowest BCUT2D eigenvalue weighted by Crippen LogP contribution is -2.40. The number of nitrogens with one attached hydrogen (secondary N) is 1. The number of thiophene rings is 1. The second kappa shape index (κ2) is 6.19. The van der Waals surface area contributed by atoms with Crippen molar-refractivity contribution in [1.29, 1.82) is 0 Å². The van der Waals surface area contributed by atoms with E-state index in [1.165, 1.54) is 21.8 Å². The highest BCUT2D eigenvalue weighted by atomic mass is 32.1. The first-order valence-corrected chi connectivity index (χ1v) is 7.58. The molecule has 1 aromatic heterocycles. The second-order valence-corrected chi connectivity index (χ2v) is 6.06. The number of unbranched alkanes of at least 4 members (excludes halogenated alkanes) is 1. The van der Waals surface area contributed by atoms with Crippen LogP contribution < -0.4 is 5.32 Å². The molecule has 1 aliphatic rings. The summed E-state index contributed by atoms with van der Waals surface area (Å²) in [5, 5.41) is 11.7. The fourth-order valence-electron chi connectivity index (χ4n) is 2.34. The minimum atomic E-state index is -0.953. The maximum absolute atomic E-state index is 12.1. The molecule has 1 aliphatic carbocycles. The average Bonchev–Trinajstić information content (AvgIpc) is 2.94. The summed E-state index contributed by atoms with van der Waals surface area (Å²) in [4.78, 5) is 25.1. The molecule has 4 nitrogen and oxygen atoms in total. The molecule has 5 heteroatoms. The minimum Gasteiger partial charge on any atom is -0.480 e. The number of carbonyl (C=O) groups is 2. The number of aliphatic carboxylic acids is 1. The van der Waals surface area contributed by atoms with Crippen molar-refractivity contribution in [2.75, 3.05) is 0 Å². The SMILES string of the molecule is CCCC[C@H](NC(=O)c1cc2c(s1)CCC2)C(=O)O. The molecule has 0 spiro atoms. The molecule has 1 heterocycles. The van der Waals surface area contributed by atoms with Crippen molar-refractivity contribution < 1.29 is 14.7 Å². The summed E-state index contributed by atoms with van der Waals surface area (Å²) in [5.41, 5.74) is 1.26. The van der Waals surface area contributed by atoms with Crippen LogP contribution in [0.5, 0.6) is 0 Å². The first-order chi connectivity index (χ1) is 9.11. The maximum atomic E-state index is 12.1. The van der Waals surface area contributed by atoms with Gasteiger partial charge in [0.15, 0.2) is 0 Å². The number of amides is 1. The van der Waals surface area contributed by atoms with E-state index in [1.807, 2.05) is 13.0 Å². The van der Waals surface area contributed by atoms with Crippen molar-refractivity contribution in [1.82, 2.24) is 5.32 Å². The molecule has 0 fully saturated rings. The van der Waals surface area contributed by atoms with Crippen LogP contribution >= 0.6 is 11.3 Å². The van der Waals surface area contributed by atoms with E-state index in [1.54, 1.807) is 0 Å². The Morgan fingerprint density at radius 2 is 2.26 bits per heavy atom. The van der Waals surface area contributed by atoms with Gasteiger partial charge in [-0.1, -0.05) is 19.8 Å². The average molecular weight is 281 g/mol.